The predicted molar refractivity (Wildman–Crippen MR) is 125 cm³/mol. The molecule has 168 valence electrons. The molecule has 1 aromatic heterocycles. The summed E-state index contributed by atoms with van der Waals surface area (Å²) in [4.78, 5) is 12.5. The Balaban J connectivity index is 1.64. The third kappa shape index (κ3) is 6.04. The summed E-state index contributed by atoms with van der Waals surface area (Å²) in [5.74, 6) is 2.52. The Morgan fingerprint density at radius 3 is 2.53 bits per heavy atom. The third-order valence-electron chi connectivity index (χ3n) is 4.32. The molecule has 0 atom stereocenters. The van der Waals surface area contributed by atoms with Crippen molar-refractivity contribution in [3.63, 3.8) is 0 Å². The Hall–Kier alpha value is -3.46. The SMILES string of the molecule is C=CCn1c(COc2ccccc2OC)nnc1SCC(=O)Nc1ccccc1OCC. The van der Waals surface area contributed by atoms with Crippen molar-refractivity contribution in [3.05, 3.63) is 67.0 Å². The lowest BCUT2D eigenvalue weighted by Gasteiger charge is -2.12. The van der Waals surface area contributed by atoms with Crippen LogP contribution in [0.1, 0.15) is 12.7 Å². The summed E-state index contributed by atoms with van der Waals surface area (Å²) >= 11 is 1.29. The number of hydrogen-bond acceptors (Lipinski definition) is 7. The highest BCUT2D eigenvalue weighted by atomic mass is 32.2. The Morgan fingerprint density at radius 1 is 1.09 bits per heavy atom. The number of aromatic nitrogens is 3. The second-order valence-corrected chi connectivity index (χ2v) is 7.45. The van der Waals surface area contributed by atoms with E-state index in [0.29, 0.717) is 47.1 Å². The molecule has 0 aliphatic carbocycles. The van der Waals surface area contributed by atoms with Gasteiger partial charge in [0.25, 0.3) is 0 Å². The monoisotopic (exact) mass is 454 g/mol. The van der Waals surface area contributed by atoms with E-state index in [9.17, 15) is 4.79 Å². The molecule has 3 aromatic rings. The summed E-state index contributed by atoms with van der Waals surface area (Å²) in [6.45, 7) is 6.92. The van der Waals surface area contributed by atoms with Crippen molar-refractivity contribution in [2.45, 2.75) is 25.2 Å². The summed E-state index contributed by atoms with van der Waals surface area (Å²) < 4.78 is 18.6. The summed E-state index contributed by atoms with van der Waals surface area (Å²) in [6, 6.07) is 14.7. The molecule has 0 unspecified atom stereocenters. The first kappa shape index (κ1) is 23.2. The Labute approximate surface area is 191 Å². The summed E-state index contributed by atoms with van der Waals surface area (Å²) in [5.41, 5.74) is 0.637. The molecule has 1 amide bonds. The quantitative estimate of drug-likeness (QED) is 0.324. The lowest BCUT2D eigenvalue weighted by Crippen LogP contribution is -2.15. The number of carbonyl (C=O) groups is 1. The molecule has 0 bridgehead atoms. The van der Waals surface area contributed by atoms with Crippen LogP contribution in [0.2, 0.25) is 0 Å². The molecule has 9 heteroatoms. The number of methoxy groups -OCH3 is 1. The van der Waals surface area contributed by atoms with Crippen LogP contribution in [-0.4, -0.2) is 40.1 Å². The molecule has 0 aliphatic rings. The van der Waals surface area contributed by atoms with Crippen molar-refractivity contribution in [1.82, 2.24) is 14.8 Å². The lowest BCUT2D eigenvalue weighted by molar-refractivity contribution is -0.113. The molecule has 8 nitrogen and oxygen atoms in total. The molecular weight excluding hydrogens is 428 g/mol. The maximum absolute atomic E-state index is 12.5. The van der Waals surface area contributed by atoms with Gasteiger partial charge in [-0.05, 0) is 31.2 Å². The highest BCUT2D eigenvalue weighted by Crippen LogP contribution is 2.27. The number of amides is 1. The van der Waals surface area contributed by atoms with E-state index in [-0.39, 0.29) is 18.3 Å². The van der Waals surface area contributed by atoms with Gasteiger partial charge in [-0.2, -0.15) is 0 Å². The standard InChI is InChI=1S/C23H26N4O4S/c1-4-14-27-21(15-31-20-13-9-8-12-19(20)29-3)25-26-23(27)32-16-22(28)24-17-10-6-7-11-18(17)30-5-2/h4,6-13H,1,5,14-16H2,2-3H3,(H,24,28). The number of anilines is 1. The number of para-hydroxylation sites is 4. The van der Waals surface area contributed by atoms with E-state index in [0.717, 1.165) is 0 Å². The average Bonchev–Trinajstić information content (AvgIpc) is 3.19. The van der Waals surface area contributed by atoms with Gasteiger partial charge in [-0.3, -0.25) is 9.36 Å². The fourth-order valence-corrected chi connectivity index (χ4v) is 3.66. The Bertz CT molecular complexity index is 1050. The topological polar surface area (TPSA) is 87.5 Å². The molecule has 0 aliphatic heterocycles. The molecule has 2 aromatic carbocycles. The van der Waals surface area contributed by atoms with Crippen molar-refractivity contribution >= 4 is 23.4 Å². The third-order valence-corrected chi connectivity index (χ3v) is 5.29. The fraction of sp³-hybridized carbons (Fsp3) is 0.261. The van der Waals surface area contributed by atoms with Crippen LogP contribution in [0, 0.1) is 0 Å². The molecule has 32 heavy (non-hydrogen) atoms. The summed E-state index contributed by atoms with van der Waals surface area (Å²) in [6.07, 6.45) is 1.75. The van der Waals surface area contributed by atoms with Crippen LogP contribution in [0.15, 0.2) is 66.3 Å². The van der Waals surface area contributed by atoms with Gasteiger partial charge >= 0.3 is 0 Å². The smallest absolute Gasteiger partial charge is 0.234 e. The number of rotatable bonds is 12. The van der Waals surface area contributed by atoms with Crippen LogP contribution in [-0.2, 0) is 17.9 Å². The zero-order chi connectivity index (χ0) is 22.8. The molecule has 0 fully saturated rings. The molecule has 0 saturated heterocycles. The minimum atomic E-state index is -0.165. The van der Waals surface area contributed by atoms with E-state index in [2.05, 4.69) is 22.1 Å². The predicted octanol–water partition coefficient (Wildman–Crippen LogP) is 4.18. The average molecular weight is 455 g/mol. The van der Waals surface area contributed by atoms with Gasteiger partial charge < -0.3 is 19.5 Å². The van der Waals surface area contributed by atoms with Gasteiger partial charge in [0.1, 0.15) is 12.4 Å². The Kier molecular flexibility index (Phi) is 8.56. The Morgan fingerprint density at radius 2 is 1.81 bits per heavy atom. The number of thioether (sulfide) groups is 1. The second-order valence-electron chi connectivity index (χ2n) is 6.50. The van der Waals surface area contributed by atoms with E-state index in [1.165, 1.54) is 11.8 Å². The minimum absolute atomic E-state index is 0.165. The number of carbonyl (C=O) groups excluding carboxylic acids is 1. The van der Waals surface area contributed by atoms with E-state index < -0.39 is 0 Å². The van der Waals surface area contributed by atoms with Crippen molar-refractivity contribution in [3.8, 4) is 17.2 Å². The number of allylic oxidation sites excluding steroid dienone is 1. The first-order chi connectivity index (χ1) is 15.7. The van der Waals surface area contributed by atoms with Crippen LogP contribution in [0.25, 0.3) is 0 Å². The number of nitrogens with one attached hydrogen (secondary N) is 1. The number of nitrogens with zero attached hydrogens (tertiary/aromatic N) is 3. The molecule has 1 heterocycles. The van der Waals surface area contributed by atoms with Crippen molar-refractivity contribution in [2.24, 2.45) is 0 Å². The van der Waals surface area contributed by atoms with Crippen LogP contribution in [0.4, 0.5) is 5.69 Å². The van der Waals surface area contributed by atoms with Gasteiger partial charge in [0.15, 0.2) is 22.5 Å². The molecule has 0 saturated carbocycles. The minimum Gasteiger partial charge on any atom is -0.493 e. The fourth-order valence-electron chi connectivity index (χ4n) is 2.89. The molecule has 0 spiro atoms. The molecule has 3 rings (SSSR count). The number of hydrogen-bond donors (Lipinski definition) is 1. The van der Waals surface area contributed by atoms with Crippen LogP contribution in [0.5, 0.6) is 17.2 Å². The van der Waals surface area contributed by atoms with Gasteiger partial charge in [-0.25, -0.2) is 0 Å². The van der Waals surface area contributed by atoms with Gasteiger partial charge in [0.2, 0.25) is 5.91 Å². The molecular formula is C23H26N4O4S. The van der Waals surface area contributed by atoms with Crippen molar-refractivity contribution in [1.29, 1.82) is 0 Å². The molecule has 1 N–H and O–H groups in total. The maximum Gasteiger partial charge on any atom is 0.234 e. The van der Waals surface area contributed by atoms with E-state index >= 15 is 0 Å². The van der Waals surface area contributed by atoms with Gasteiger partial charge in [-0.15, -0.1) is 16.8 Å². The van der Waals surface area contributed by atoms with E-state index in [1.54, 1.807) is 19.3 Å². The van der Waals surface area contributed by atoms with Crippen LogP contribution >= 0.6 is 11.8 Å². The van der Waals surface area contributed by atoms with Crippen LogP contribution < -0.4 is 19.5 Å². The van der Waals surface area contributed by atoms with Gasteiger partial charge in [-0.1, -0.05) is 42.1 Å². The van der Waals surface area contributed by atoms with Gasteiger partial charge in [0, 0.05) is 6.54 Å². The van der Waals surface area contributed by atoms with Gasteiger partial charge in [0.05, 0.1) is 25.2 Å². The van der Waals surface area contributed by atoms with E-state index in [1.807, 2.05) is 54.0 Å². The zero-order valence-corrected chi connectivity index (χ0v) is 18.9. The summed E-state index contributed by atoms with van der Waals surface area (Å²) in [5, 5.41) is 12.0. The largest absolute Gasteiger partial charge is 0.493 e. The lowest BCUT2D eigenvalue weighted by atomic mass is 10.3. The van der Waals surface area contributed by atoms with Crippen molar-refractivity contribution < 1.29 is 19.0 Å². The number of benzene rings is 2. The van der Waals surface area contributed by atoms with E-state index in [4.69, 9.17) is 14.2 Å². The van der Waals surface area contributed by atoms with Crippen LogP contribution in [0.3, 0.4) is 0 Å². The summed E-state index contributed by atoms with van der Waals surface area (Å²) in [7, 11) is 1.59. The highest BCUT2D eigenvalue weighted by molar-refractivity contribution is 7.99. The molecule has 0 radical (unpaired) electrons. The first-order valence-corrected chi connectivity index (χ1v) is 11.1. The first-order valence-electron chi connectivity index (χ1n) is 10.1. The zero-order valence-electron chi connectivity index (χ0n) is 18.1. The second kappa shape index (κ2) is 11.8. The number of ether oxygens (including phenoxy) is 3. The maximum atomic E-state index is 12.5. The highest BCUT2D eigenvalue weighted by Gasteiger charge is 2.15. The normalized spacial score (nSPS) is 10.4. The van der Waals surface area contributed by atoms with Crippen molar-refractivity contribution in [2.75, 3.05) is 24.8 Å².